The Hall–Kier alpha value is -0.870. The van der Waals surface area contributed by atoms with Crippen LogP contribution in [0.2, 0.25) is 0 Å². The predicted octanol–water partition coefficient (Wildman–Crippen LogP) is -0.818. The lowest BCUT2D eigenvalue weighted by atomic mass is 10.3. The summed E-state index contributed by atoms with van der Waals surface area (Å²) in [5.74, 6) is 2.01. The van der Waals surface area contributed by atoms with E-state index >= 15 is 0 Å². The van der Waals surface area contributed by atoms with Crippen LogP contribution in [-0.4, -0.2) is 35.4 Å². The van der Waals surface area contributed by atoms with Crippen LogP contribution in [0.5, 0.6) is 5.75 Å². The summed E-state index contributed by atoms with van der Waals surface area (Å²) in [4.78, 5) is 10.4. The van der Waals surface area contributed by atoms with E-state index in [0.29, 0.717) is 6.61 Å². The van der Waals surface area contributed by atoms with Gasteiger partial charge >= 0.3 is 5.97 Å². The van der Waals surface area contributed by atoms with E-state index in [1.165, 1.54) is 0 Å². The molecular formula is C13H19ClO3S. The number of hydrogen-bond donors (Lipinski definition) is 1. The van der Waals surface area contributed by atoms with Gasteiger partial charge in [0.05, 0.1) is 19.3 Å². The highest BCUT2D eigenvalue weighted by atomic mass is 35.5. The lowest BCUT2D eigenvalue weighted by Gasteiger charge is -2.05. The fourth-order valence-electron chi connectivity index (χ4n) is 1.38. The van der Waals surface area contributed by atoms with Gasteiger partial charge < -0.3 is 22.3 Å². The van der Waals surface area contributed by atoms with Crippen LogP contribution in [0.3, 0.4) is 0 Å². The summed E-state index contributed by atoms with van der Waals surface area (Å²) in [7, 11) is 0.191. The van der Waals surface area contributed by atoms with E-state index < -0.39 is 5.97 Å². The van der Waals surface area contributed by atoms with Gasteiger partial charge in [-0.2, -0.15) is 0 Å². The fourth-order valence-corrected chi connectivity index (χ4v) is 2.71. The third-order valence-electron chi connectivity index (χ3n) is 2.31. The van der Waals surface area contributed by atoms with E-state index in [1.807, 2.05) is 30.3 Å². The number of halogens is 1. The van der Waals surface area contributed by atoms with Crippen LogP contribution in [0.4, 0.5) is 0 Å². The summed E-state index contributed by atoms with van der Waals surface area (Å²) in [6, 6.07) is 9.74. The lowest BCUT2D eigenvalue weighted by molar-refractivity contribution is -0.136. The van der Waals surface area contributed by atoms with E-state index in [0.717, 1.165) is 23.7 Å². The molecule has 0 bridgehead atoms. The van der Waals surface area contributed by atoms with E-state index in [2.05, 4.69) is 6.26 Å². The van der Waals surface area contributed by atoms with Gasteiger partial charge in [-0.05, 0) is 23.0 Å². The summed E-state index contributed by atoms with van der Waals surface area (Å²) in [6.45, 7) is 0.703. The van der Waals surface area contributed by atoms with Gasteiger partial charge in [0, 0.05) is 6.42 Å². The third-order valence-corrected chi connectivity index (χ3v) is 4.20. The highest BCUT2D eigenvalue weighted by Crippen LogP contribution is 2.08. The topological polar surface area (TPSA) is 46.5 Å². The summed E-state index contributed by atoms with van der Waals surface area (Å²) in [6.07, 6.45) is 3.37. The van der Waals surface area contributed by atoms with Crippen molar-refractivity contribution in [3.63, 3.8) is 0 Å². The zero-order valence-electron chi connectivity index (χ0n) is 10.5. The molecule has 0 spiro atoms. The summed E-state index contributed by atoms with van der Waals surface area (Å²) in [5, 5.41) is 8.56. The quantitative estimate of drug-likeness (QED) is 0.503. The van der Waals surface area contributed by atoms with Crippen molar-refractivity contribution in [2.45, 2.75) is 12.8 Å². The SMILES string of the molecule is C[S+](CCCOc1ccccc1)CCC(=O)O.[Cl-]. The molecule has 0 heterocycles. The molecule has 1 atom stereocenters. The first kappa shape index (κ1) is 17.1. The van der Waals surface area contributed by atoms with E-state index in [-0.39, 0.29) is 29.7 Å². The Kier molecular flexibility index (Phi) is 9.60. The molecule has 0 fully saturated rings. The zero-order chi connectivity index (χ0) is 12.5. The molecule has 0 aliphatic carbocycles. The lowest BCUT2D eigenvalue weighted by Crippen LogP contribution is -3.00. The summed E-state index contributed by atoms with van der Waals surface area (Å²) in [5.41, 5.74) is 0. The number of ether oxygens (including phenoxy) is 1. The Balaban J connectivity index is 0.00000289. The van der Waals surface area contributed by atoms with Crippen molar-refractivity contribution in [2.24, 2.45) is 0 Å². The first-order valence-electron chi connectivity index (χ1n) is 5.67. The van der Waals surface area contributed by atoms with Crippen molar-refractivity contribution in [3.8, 4) is 5.75 Å². The van der Waals surface area contributed by atoms with Gasteiger partial charge in [-0.3, -0.25) is 4.79 Å². The number of benzene rings is 1. The first-order valence-corrected chi connectivity index (χ1v) is 7.64. The minimum Gasteiger partial charge on any atom is -1.00 e. The van der Waals surface area contributed by atoms with Crippen LogP contribution in [0.25, 0.3) is 0 Å². The molecule has 5 heteroatoms. The average Bonchev–Trinajstić information content (AvgIpc) is 2.33. The Labute approximate surface area is 117 Å². The second-order valence-electron chi connectivity index (χ2n) is 3.85. The maximum Gasteiger partial charge on any atom is 0.308 e. The van der Waals surface area contributed by atoms with Crippen molar-refractivity contribution in [2.75, 3.05) is 24.4 Å². The molecule has 1 N–H and O–H groups in total. The van der Waals surface area contributed by atoms with Gasteiger partial charge in [0.1, 0.15) is 17.3 Å². The molecule has 0 aliphatic rings. The van der Waals surface area contributed by atoms with Crippen LogP contribution < -0.4 is 17.1 Å². The Bertz CT molecular complexity index is 332. The Morgan fingerprint density at radius 1 is 1.28 bits per heavy atom. The number of hydrogen-bond acceptors (Lipinski definition) is 2. The van der Waals surface area contributed by atoms with Crippen LogP contribution >= 0.6 is 0 Å². The number of carboxylic acid groups (broad SMARTS) is 1. The molecule has 1 aromatic rings. The largest absolute Gasteiger partial charge is 1.00 e. The van der Waals surface area contributed by atoms with Crippen molar-refractivity contribution < 1.29 is 27.0 Å². The maximum absolute atomic E-state index is 10.4. The smallest absolute Gasteiger partial charge is 0.308 e. The average molecular weight is 291 g/mol. The minimum absolute atomic E-state index is 0. The molecule has 0 saturated heterocycles. The molecular weight excluding hydrogens is 272 g/mol. The van der Waals surface area contributed by atoms with Crippen LogP contribution in [-0.2, 0) is 15.7 Å². The summed E-state index contributed by atoms with van der Waals surface area (Å²) >= 11 is 0. The number of carboxylic acids is 1. The molecule has 0 radical (unpaired) electrons. The second kappa shape index (κ2) is 10.1. The van der Waals surface area contributed by atoms with Gasteiger partial charge in [-0.25, -0.2) is 0 Å². The van der Waals surface area contributed by atoms with Gasteiger partial charge in [0.25, 0.3) is 0 Å². The number of para-hydroxylation sites is 1. The molecule has 1 unspecified atom stereocenters. The van der Waals surface area contributed by atoms with Gasteiger partial charge in [-0.15, -0.1) is 0 Å². The molecule has 1 rings (SSSR count). The highest BCUT2D eigenvalue weighted by Gasteiger charge is 2.12. The third kappa shape index (κ3) is 8.25. The van der Waals surface area contributed by atoms with Crippen molar-refractivity contribution >= 4 is 16.9 Å². The van der Waals surface area contributed by atoms with Gasteiger partial charge in [0.2, 0.25) is 0 Å². The fraction of sp³-hybridized carbons (Fsp3) is 0.462. The highest BCUT2D eigenvalue weighted by molar-refractivity contribution is 7.96. The molecule has 0 saturated carbocycles. The van der Waals surface area contributed by atoms with Crippen LogP contribution in [0.1, 0.15) is 12.8 Å². The monoisotopic (exact) mass is 290 g/mol. The number of carbonyl (C=O) groups is 1. The molecule has 102 valence electrons. The second-order valence-corrected chi connectivity index (χ2v) is 6.23. The standard InChI is InChI=1S/C13H18O3S.ClH/c1-17(11-8-13(14)15)10-5-9-16-12-6-3-2-4-7-12;/h2-4,6-7H,5,8-11H2,1H3;1H. The number of rotatable bonds is 8. The molecule has 0 aromatic heterocycles. The maximum atomic E-state index is 10.4. The Morgan fingerprint density at radius 3 is 2.56 bits per heavy atom. The van der Waals surface area contributed by atoms with Crippen LogP contribution in [0, 0.1) is 0 Å². The normalized spacial score (nSPS) is 11.4. The zero-order valence-corrected chi connectivity index (χ0v) is 12.0. The van der Waals surface area contributed by atoms with E-state index in [1.54, 1.807) is 0 Å². The Morgan fingerprint density at radius 2 is 1.94 bits per heavy atom. The number of aliphatic carboxylic acids is 1. The van der Waals surface area contributed by atoms with Crippen molar-refractivity contribution in [1.82, 2.24) is 0 Å². The van der Waals surface area contributed by atoms with Gasteiger partial charge in [-0.1, -0.05) is 18.2 Å². The molecule has 18 heavy (non-hydrogen) atoms. The molecule has 1 aromatic carbocycles. The van der Waals surface area contributed by atoms with Gasteiger partial charge in [0.15, 0.2) is 0 Å². The minimum atomic E-state index is -0.704. The first-order chi connectivity index (χ1) is 8.18. The van der Waals surface area contributed by atoms with Crippen molar-refractivity contribution in [3.05, 3.63) is 30.3 Å². The predicted molar refractivity (Wildman–Crippen MR) is 71.8 cm³/mol. The molecule has 0 aliphatic heterocycles. The molecule has 3 nitrogen and oxygen atoms in total. The summed E-state index contributed by atoms with van der Waals surface area (Å²) < 4.78 is 5.57. The van der Waals surface area contributed by atoms with Crippen LogP contribution in [0.15, 0.2) is 30.3 Å². The molecule has 0 amide bonds. The van der Waals surface area contributed by atoms with E-state index in [9.17, 15) is 4.79 Å². The van der Waals surface area contributed by atoms with E-state index in [4.69, 9.17) is 9.84 Å². The van der Waals surface area contributed by atoms with Crippen molar-refractivity contribution in [1.29, 1.82) is 0 Å².